The molecule has 0 aromatic carbocycles. The van der Waals surface area contributed by atoms with E-state index in [1.165, 1.54) is 12.8 Å². The summed E-state index contributed by atoms with van der Waals surface area (Å²) >= 11 is 0. The molecule has 3 nitrogen and oxygen atoms in total. The van der Waals surface area contributed by atoms with E-state index in [0.29, 0.717) is 6.04 Å². The maximum absolute atomic E-state index is 9.14. The van der Waals surface area contributed by atoms with Gasteiger partial charge in [0.05, 0.1) is 12.1 Å². The van der Waals surface area contributed by atoms with Crippen molar-refractivity contribution in [3.63, 3.8) is 0 Å². The second-order valence-corrected chi connectivity index (χ2v) is 4.29. The third-order valence-corrected chi connectivity index (χ3v) is 3.16. The standard InChI is InChI=1S/C12H23N3/c1-3-8-15(11(4-2)9-13)12-6-5-7-14-10-12/h11-12,14H,3-8,10H2,1-2H3. The highest BCUT2D eigenvalue weighted by Crippen LogP contribution is 2.15. The first-order valence-electron chi connectivity index (χ1n) is 6.19. The molecule has 15 heavy (non-hydrogen) atoms. The molecule has 3 heteroatoms. The number of nitrogens with zero attached hydrogens (tertiary/aromatic N) is 2. The van der Waals surface area contributed by atoms with E-state index in [1.807, 2.05) is 0 Å². The van der Waals surface area contributed by atoms with Gasteiger partial charge in [0.2, 0.25) is 0 Å². The Bertz CT molecular complexity index is 203. The third kappa shape index (κ3) is 3.48. The summed E-state index contributed by atoms with van der Waals surface area (Å²) < 4.78 is 0. The Morgan fingerprint density at radius 2 is 2.33 bits per heavy atom. The SMILES string of the molecule is CCCN(C(C#N)CC)C1CCCNC1. The number of nitriles is 1. The number of rotatable bonds is 5. The first-order valence-corrected chi connectivity index (χ1v) is 6.19. The third-order valence-electron chi connectivity index (χ3n) is 3.16. The molecule has 0 spiro atoms. The summed E-state index contributed by atoms with van der Waals surface area (Å²) in [6.07, 6.45) is 4.56. The normalized spacial score (nSPS) is 23.7. The molecule has 1 N–H and O–H groups in total. The van der Waals surface area contributed by atoms with Crippen molar-refractivity contribution in [2.75, 3.05) is 19.6 Å². The van der Waals surface area contributed by atoms with Crippen molar-refractivity contribution in [3.8, 4) is 6.07 Å². The highest BCUT2D eigenvalue weighted by molar-refractivity contribution is 4.94. The van der Waals surface area contributed by atoms with Crippen LogP contribution >= 0.6 is 0 Å². The fourth-order valence-corrected chi connectivity index (χ4v) is 2.37. The van der Waals surface area contributed by atoms with Crippen LogP contribution in [0, 0.1) is 11.3 Å². The fourth-order valence-electron chi connectivity index (χ4n) is 2.37. The summed E-state index contributed by atoms with van der Waals surface area (Å²) in [5, 5.41) is 12.6. The zero-order valence-corrected chi connectivity index (χ0v) is 10.00. The Kier molecular flexibility index (Phi) is 5.67. The maximum atomic E-state index is 9.14. The van der Waals surface area contributed by atoms with E-state index in [2.05, 4.69) is 30.1 Å². The Morgan fingerprint density at radius 1 is 1.53 bits per heavy atom. The van der Waals surface area contributed by atoms with Crippen LogP contribution in [0.2, 0.25) is 0 Å². The average Bonchev–Trinajstić information content (AvgIpc) is 2.30. The lowest BCUT2D eigenvalue weighted by Gasteiger charge is -2.37. The number of hydrogen-bond acceptors (Lipinski definition) is 3. The van der Waals surface area contributed by atoms with E-state index in [9.17, 15) is 0 Å². The predicted molar refractivity (Wildman–Crippen MR) is 62.6 cm³/mol. The van der Waals surface area contributed by atoms with Gasteiger partial charge in [-0.1, -0.05) is 13.8 Å². The lowest BCUT2D eigenvalue weighted by Crippen LogP contribution is -2.50. The topological polar surface area (TPSA) is 39.1 Å². The molecule has 0 amide bonds. The summed E-state index contributed by atoms with van der Waals surface area (Å²) in [4.78, 5) is 2.40. The van der Waals surface area contributed by atoms with Crippen molar-refractivity contribution in [2.24, 2.45) is 0 Å². The Morgan fingerprint density at radius 3 is 2.80 bits per heavy atom. The van der Waals surface area contributed by atoms with Crippen LogP contribution in [0.4, 0.5) is 0 Å². The first-order chi connectivity index (χ1) is 7.33. The van der Waals surface area contributed by atoms with Crippen LogP contribution in [-0.4, -0.2) is 36.6 Å². The van der Waals surface area contributed by atoms with Crippen molar-refractivity contribution in [3.05, 3.63) is 0 Å². The summed E-state index contributed by atoms with van der Waals surface area (Å²) in [7, 11) is 0. The lowest BCUT2D eigenvalue weighted by molar-refractivity contribution is 0.135. The van der Waals surface area contributed by atoms with Crippen LogP contribution in [0.25, 0.3) is 0 Å². The number of nitrogens with one attached hydrogen (secondary N) is 1. The van der Waals surface area contributed by atoms with Crippen LogP contribution in [-0.2, 0) is 0 Å². The van der Waals surface area contributed by atoms with Crippen molar-refractivity contribution in [2.45, 2.75) is 51.6 Å². The lowest BCUT2D eigenvalue weighted by atomic mass is 10.0. The van der Waals surface area contributed by atoms with E-state index in [0.717, 1.165) is 32.5 Å². The van der Waals surface area contributed by atoms with Crippen molar-refractivity contribution in [1.82, 2.24) is 10.2 Å². The largest absolute Gasteiger partial charge is 0.315 e. The Hall–Kier alpha value is -0.590. The van der Waals surface area contributed by atoms with Gasteiger partial charge in [-0.15, -0.1) is 0 Å². The van der Waals surface area contributed by atoms with Gasteiger partial charge in [0, 0.05) is 12.6 Å². The molecule has 0 aromatic heterocycles. The van der Waals surface area contributed by atoms with Crippen LogP contribution in [0.1, 0.15) is 39.5 Å². The number of hydrogen-bond donors (Lipinski definition) is 1. The Balaban J connectivity index is 2.58. The van der Waals surface area contributed by atoms with E-state index in [4.69, 9.17) is 5.26 Å². The summed E-state index contributed by atoms with van der Waals surface area (Å²) in [5.74, 6) is 0. The number of piperidine rings is 1. The zero-order chi connectivity index (χ0) is 11.1. The van der Waals surface area contributed by atoms with Crippen molar-refractivity contribution < 1.29 is 0 Å². The molecule has 86 valence electrons. The van der Waals surface area contributed by atoms with Crippen LogP contribution in [0.5, 0.6) is 0 Å². The monoisotopic (exact) mass is 209 g/mol. The molecular formula is C12H23N3. The molecule has 0 aliphatic carbocycles. The molecule has 1 heterocycles. The molecular weight excluding hydrogens is 186 g/mol. The van der Waals surface area contributed by atoms with Crippen LogP contribution in [0.3, 0.4) is 0 Å². The minimum absolute atomic E-state index is 0.106. The summed E-state index contributed by atoms with van der Waals surface area (Å²) in [6, 6.07) is 3.11. The smallest absolute Gasteiger partial charge is 0.0978 e. The molecule has 0 radical (unpaired) electrons. The second-order valence-electron chi connectivity index (χ2n) is 4.29. The van der Waals surface area contributed by atoms with Crippen LogP contribution < -0.4 is 5.32 Å². The molecule has 1 rings (SSSR count). The molecule has 0 aromatic rings. The van der Waals surface area contributed by atoms with Gasteiger partial charge >= 0.3 is 0 Å². The molecule has 1 aliphatic rings. The van der Waals surface area contributed by atoms with Crippen molar-refractivity contribution >= 4 is 0 Å². The van der Waals surface area contributed by atoms with Gasteiger partial charge in [-0.2, -0.15) is 5.26 Å². The molecule has 2 unspecified atom stereocenters. The molecule has 1 fully saturated rings. The quantitative estimate of drug-likeness (QED) is 0.750. The molecule has 0 bridgehead atoms. The van der Waals surface area contributed by atoms with Gasteiger partial charge in [-0.3, -0.25) is 4.90 Å². The van der Waals surface area contributed by atoms with Crippen LogP contribution in [0.15, 0.2) is 0 Å². The zero-order valence-electron chi connectivity index (χ0n) is 10.00. The fraction of sp³-hybridized carbons (Fsp3) is 0.917. The minimum Gasteiger partial charge on any atom is -0.315 e. The van der Waals surface area contributed by atoms with E-state index in [1.54, 1.807) is 0 Å². The van der Waals surface area contributed by atoms with Gasteiger partial charge in [0.15, 0.2) is 0 Å². The highest BCUT2D eigenvalue weighted by atomic mass is 15.2. The second kappa shape index (κ2) is 6.81. The van der Waals surface area contributed by atoms with E-state index >= 15 is 0 Å². The Labute approximate surface area is 93.5 Å². The van der Waals surface area contributed by atoms with E-state index < -0.39 is 0 Å². The van der Waals surface area contributed by atoms with Gasteiger partial charge < -0.3 is 5.32 Å². The maximum Gasteiger partial charge on any atom is 0.0978 e. The molecule has 1 aliphatic heterocycles. The van der Waals surface area contributed by atoms with Gasteiger partial charge in [-0.25, -0.2) is 0 Å². The van der Waals surface area contributed by atoms with Gasteiger partial charge in [0.1, 0.15) is 0 Å². The molecule has 0 saturated carbocycles. The summed E-state index contributed by atoms with van der Waals surface area (Å²) in [5.41, 5.74) is 0. The predicted octanol–water partition coefficient (Wildman–Crippen LogP) is 1.75. The first kappa shape index (κ1) is 12.5. The molecule has 1 saturated heterocycles. The average molecular weight is 209 g/mol. The van der Waals surface area contributed by atoms with Crippen molar-refractivity contribution in [1.29, 1.82) is 5.26 Å². The minimum atomic E-state index is 0.106. The molecule has 2 atom stereocenters. The highest BCUT2D eigenvalue weighted by Gasteiger charge is 2.25. The van der Waals surface area contributed by atoms with Gasteiger partial charge in [0.25, 0.3) is 0 Å². The van der Waals surface area contributed by atoms with E-state index in [-0.39, 0.29) is 6.04 Å². The van der Waals surface area contributed by atoms with Gasteiger partial charge in [-0.05, 0) is 38.8 Å². The summed E-state index contributed by atoms with van der Waals surface area (Å²) in [6.45, 7) is 7.54.